The SMILES string of the molecule is Nc1nonc1C(=O)NCCN1CCSCC1. The number of nitrogens with two attached hydrogens (primary N) is 1. The fourth-order valence-corrected chi connectivity index (χ4v) is 2.57. The van der Waals surface area contributed by atoms with E-state index in [0.717, 1.165) is 31.1 Å². The first-order valence-electron chi connectivity index (χ1n) is 5.43. The number of nitrogens with zero attached hydrogens (tertiary/aromatic N) is 3. The summed E-state index contributed by atoms with van der Waals surface area (Å²) in [7, 11) is 0. The Morgan fingerprint density at radius 2 is 2.24 bits per heavy atom. The van der Waals surface area contributed by atoms with Crippen molar-refractivity contribution < 1.29 is 9.42 Å². The fraction of sp³-hybridized carbons (Fsp3) is 0.667. The van der Waals surface area contributed by atoms with Gasteiger partial charge in [-0.05, 0) is 10.3 Å². The molecule has 1 aliphatic rings. The molecule has 0 atom stereocenters. The van der Waals surface area contributed by atoms with Gasteiger partial charge in [0.15, 0.2) is 0 Å². The first kappa shape index (κ1) is 12.2. The Bertz CT molecular complexity index is 377. The maximum atomic E-state index is 11.6. The highest BCUT2D eigenvalue weighted by Crippen LogP contribution is 2.08. The molecule has 17 heavy (non-hydrogen) atoms. The molecule has 2 rings (SSSR count). The lowest BCUT2D eigenvalue weighted by atomic mass is 10.4. The summed E-state index contributed by atoms with van der Waals surface area (Å²) in [4.78, 5) is 13.9. The van der Waals surface area contributed by atoms with Crippen LogP contribution in [0.3, 0.4) is 0 Å². The molecule has 2 heterocycles. The van der Waals surface area contributed by atoms with Gasteiger partial charge in [0, 0.05) is 37.7 Å². The second kappa shape index (κ2) is 5.87. The molecule has 8 heteroatoms. The van der Waals surface area contributed by atoms with Gasteiger partial charge in [0.25, 0.3) is 5.91 Å². The van der Waals surface area contributed by atoms with E-state index in [-0.39, 0.29) is 17.4 Å². The quantitative estimate of drug-likeness (QED) is 0.745. The number of carbonyl (C=O) groups is 1. The van der Waals surface area contributed by atoms with Crippen molar-refractivity contribution in [2.45, 2.75) is 0 Å². The molecule has 0 spiro atoms. The van der Waals surface area contributed by atoms with Crippen molar-refractivity contribution in [2.75, 3.05) is 43.4 Å². The molecule has 0 aliphatic carbocycles. The van der Waals surface area contributed by atoms with Gasteiger partial charge in [0.2, 0.25) is 11.5 Å². The molecule has 0 saturated carbocycles. The van der Waals surface area contributed by atoms with Crippen molar-refractivity contribution in [3.05, 3.63) is 5.69 Å². The summed E-state index contributed by atoms with van der Waals surface area (Å²) >= 11 is 1.96. The van der Waals surface area contributed by atoms with E-state index in [1.165, 1.54) is 0 Å². The van der Waals surface area contributed by atoms with E-state index in [2.05, 4.69) is 25.2 Å². The number of aromatic nitrogens is 2. The average molecular weight is 257 g/mol. The maximum Gasteiger partial charge on any atom is 0.277 e. The van der Waals surface area contributed by atoms with Crippen LogP contribution in [0.25, 0.3) is 0 Å². The van der Waals surface area contributed by atoms with Gasteiger partial charge < -0.3 is 11.1 Å². The number of thioether (sulfide) groups is 1. The lowest BCUT2D eigenvalue weighted by Gasteiger charge is -2.25. The Hall–Kier alpha value is -1.28. The number of hydrogen-bond acceptors (Lipinski definition) is 7. The number of carbonyl (C=O) groups excluding carboxylic acids is 1. The van der Waals surface area contributed by atoms with Crippen molar-refractivity contribution >= 4 is 23.5 Å². The zero-order valence-corrected chi connectivity index (χ0v) is 10.2. The van der Waals surface area contributed by atoms with Gasteiger partial charge in [-0.1, -0.05) is 0 Å². The predicted octanol–water partition coefficient (Wildman–Crippen LogP) is -0.570. The Balaban J connectivity index is 1.71. The van der Waals surface area contributed by atoms with E-state index >= 15 is 0 Å². The summed E-state index contributed by atoms with van der Waals surface area (Å²) in [5.74, 6) is 2.01. The third kappa shape index (κ3) is 3.34. The molecule has 3 N–H and O–H groups in total. The molecule has 1 aliphatic heterocycles. The lowest BCUT2D eigenvalue weighted by Crippen LogP contribution is -2.39. The minimum Gasteiger partial charge on any atom is -0.379 e. The van der Waals surface area contributed by atoms with Crippen LogP contribution in [0.2, 0.25) is 0 Å². The number of amides is 1. The van der Waals surface area contributed by atoms with Crippen LogP contribution in [0.5, 0.6) is 0 Å². The summed E-state index contributed by atoms with van der Waals surface area (Å²) in [6.07, 6.45) is 0. The van der Waals surface area contributed by atoms with Crippen LogP contribution in [0.4, 0.5) is 5.82 Å². The molecule has 1 fully saturated rings. The van der Waals surface area contributed by atoms with E-state index < -0.39 is 0 Å². The fourth-order valence-electron chi connectivity index (χ4n) is 1.59. The molecule has 1 saturated heterocycles. The molecular weight excluding hydrogens is 242 g/mol. The number of nitrogens with one attached hydrogen (secondary N) is 1. The second-order valence-corrected chi connectivity index (χ2v) is 4.93. The third-order valence-corrected chi connectivity index (χ3v) is 3.49. The third-order valence-electron chi connectivity index (χ3n) is 2.55. The minimum atomic E-state index is -0.338. The van der Waals surface area contributed by atoms with Crippen molar-refractivity contribution in [3.63, 3.8) is 0 Å². The monoisotopic (exact) mass is 257 g/mol. The van der Waals surface area contributed by atoms with E-state index in [4.69, 9.17) is 5.73 Å². The van der Waals surface area contributed by atoms with Crippen LogP contribution in [-0.2, 0) is 0 Å². The molecular formula is C9H15N5O2S. The number of nitrogen functional groups attached to an aromatic ring is 1. The molecule has 1 aromatic heterocycles. The summed E-state index contributed by atoms with van der Waals surface area (Å²) in [6.45, 7) is 3.58. The Morgan fingerprint density at radius 3 is 2.88 bits per heavy atom. The predicted molar refractivity (Wildman–Crippen MR) is 64.8 cm³/mol. The molecule has 7 nitrogen and oxygen atoms in total. The van der Waals surface area contributed by atoms with E-state index in [9.17, 15) is 4.79 Å². The second-order valence-electron chi connectivity index (χ2n) is 3.71. The lowest BCUT2D eigenvalue weighted by molar-refractivity contribution is 0.0939. The highest BCUT2D eigenvalue weighted by Gasteiger charge is 2.16. The number of rotatable bonds is 4. The molecule has 94 valence electrons. The summed E-state index contributed by atoms with van der Waals surface area (Å²) in [5, 5.41) is 9.54. The van der Waals surface area contributed by atoms with E-state index in [1.807, 2.05) is 11.8 Å². The zero-order valence-electron chi connectivity index (χ0n) is 9.39. The van der Waals surface area contributed by atoms with Gasteiger partial charge in [0.05, 0.1) is 0 Å². The van der Waals surface area contributed by atoms with Crippen LogP contribution in [0.1, 0.15) is 10.5 Å². The molecule has 0 radical (unpaired) electrons. The summed E-state index contributed by atoms with van der Waals surface area (Å²) in [5.41, 5.74) is 5.47. The van der Waals surface area contributed by atoms with Crippen molar-refractivity contribution in [2.24, 2.45) is 0 Å². The minimum absolute atomic E-state index is 0.0249. The van der Waals surface area contributed by atoms with Crippen LogP contribution >= 0.6 is 11.8 Å². The van der Waals surface area contributed by atoms with Gasteiger partial charge in [-0.15, -0.1) is 0 Å². The number of anilines is 1. The summed E-state index contributed by atoms with van der Waals surface area (Å²) in [6, 6.07) is 0. The molecule has 1 aromatic rings. The highest BCUT2D eigenvalue weighted by molar-refractivity contribution is 7.99. The molecule has 0 bridgehead atoms. The van der Waals surface area contributed by atoms with Crippen molar-refractivity contribution in [1.82, 2.24) is 20.5 Å². The van der Waals surface area contributed by atoms with Crippen LogP contribution < -0.4 is 11.1 Å². The Morgan fingerprint density at radius 1 is 1.47 bits per heavy atom. The smallest absolute Gasteiger partial charge is 0.277 e. The van der Waals surface area contributed by atoms with Crippen LogP contribution in [-0.4, -0.2) is 58.8 Å². The van der Waals surface area contributed by atoms with E-state index in [0.29, 0.717) is 6.54 Å². The topological polar surface area (TPSA) is 97.3 Å². The Labute approximate surface area is 103 Å². The first-order valence-corrected chi connectivity index (χ1v) is 6.59. The standard InChI is InChI=1S/C9H15N5O2S/c10-8-7(12-16-13-8)9(15)11-1-2-14-3-5-17-6-4-14/h1-6H2,(H2,10,13)(H,11,15). The van der Waals surface area contributed by atoms with Crippen molar-refractivity contribution in [3.8, 4) is 0 Å². The van der Waals surface area contributed by atoms with Crippen LogP contribution in [0.15, 0.2) is 4.63 Å². The maximum absolute atomic E-state index is 11.6. The van der Waals surface area contributed by atoms with Crippen LogP contribution in [0, 0.1) is 0 Å². The van der Waals surface area contributed by atoms with Gasteiger partial charge in [0.1, 0.15) is 0 Å². The first-order chi connectivity index (χ1) is 8.27. The van der Waals surface area contributed by atoms with Gasteiger partial charge in [-0.25, -0.2) is 4.63 Å². The molecule has 0 aromatic carbocycles. The van der Waals surface area contributed by atoms with Gasteiger partial charge >= 0.3 is 0 Å². The van der Waals surface area contributed by atoms with Crippen molar-refractivity contribution in [1.29, 1.82) is 0 Å². The Kier molecular flexibility index (Phi) is 4.21. The normalized spacial score (nSPS) is 16.9. The molecule has 1 amide bonds. The zero-order chi connectivity index (χ0) is 12.1. The highest BCUT2D eigenvalue weighted by atomic mass is 32.2. The largest absolute Gasteiger partial charge is 0.379 e. The van der Waals surface area contributed by atoms with Gasteiger partial charge in [-0.3, -0.25) is 9.69 Å². The average Bonchev–Trinajstić information content (AvgIpc) is 2.77. The molecule has 0 unspecified atom stereocenters. The summed E-state index contributed by atoms with van der Waals surface area (Å²) < 4.78 is 4.36. The van der Waals surface area contributed by atoms with Gasteiger partial charge in [-0.2, -0.15) is 11.8 Å². The van der Waals surface area contributed by atoms with E-state index in [1.54, 1.807) is 0 Å². The number of hydrogen-bond donors (Lipinski definition) is 2.